The second-order valence-corrected chi connectivity index (χ2v) is 4.51. The molecular formula is C13H20FN3O2. The van der Waals surface area contributed by atoms with Crippen LogP contribution in [0.5, 0.6) is 0 Å². The van der Waals surface area contributed by atoms with Crippen molar-refractivity contribution in [2.24, 2.45) is 0 Å². The maximum absolute atomic E-state index is 13.2. The first-order chi connectivity index (χ1) is 8.95. The molecule has 1 aromatic rings. The van der Waals surface area contributed by atoms with Crippen LogP contribution in [-0.2, 0) is 0 Å². The lowest BCUT2D eigenvalue weighted by atomic mass is 10.2. The molecule has 1 rings (SSSR count). The molecule has 2 N–H and O–H groups in total. The Kier molecular flexibility index (Phi) is 5.69. The van der Waals surface area contributed by atoms with Crippen LogP contribution in [0.4, 0.5) is 10.2 Å². The lowest BCUT2D eigenvalue weighted by Gasteiger charge is -2.20. The summed E-state index contributed by atoms with van der Waals surface area (Å²) in [7, 11) is 1.56. The Morgan fingerprint density at radius 3 is 2.89 bits per heavy atom. The SMILES string of the molecule is CCCNc1ncc(F)cc1C(=O)N(C)CC(C)O. The Labute approximate surface area is 112 Å². The molecule has 1 amide bonds. The van der Waals surface area contributed by atoms with Gasteiger partial charge in [-0.25, -0.2) is 9.37 Å². The number of rotatable bonds is 6. The Morgan fingerprint density at radius 1 is 1.63 bits per heavy atom. The van der Waals surface area contributed by atoms with Crippen LogP contribution in [0, 0.1) is 5.82 Å². The van der Waals surface area contributed by atoms with Crippen molar-refractivity contribution >= 4 is 11.7 Å². The average Bonchev–Trinajstić information content (AvgIpc) is 2.35. The Balaban J connectivity index is 2.95. The number of carbonyl (C=O) groups excluding carboxylic acids is 1. The number of pyridine rings is 1. The van der Waals surface area contributed by atoms with Crippen molar-refractivity contribution in [2.75, 3.05) is 25.5 Å². The number of amides is 1. The minimum Gasteiger partial charge on any atom is -0.392 e. The van der Waals surface area contributed by atoms with Crippen molar-refractivity contribution < 1.29 is 14.3 Å². The Hall–Kier alpha value is -1.69. The molecule has 1 aromatic heterocycles. The molecule has 0 bridgehead atoms. The molecule has 106 valence electrons. The van der Waals surface area contributed by atoms with Gasteiger partial charge in [-0.3, -0.25) is 4.79 Å². The van der Waals surface area contributed by atoms with E-state index in [-0.39, 0.29) is 18.0 Å². The fraction of sp³-hybridized carbons (Fsp3) is 0.538. The van der Waals surface area contributed by atoms with Gasteiger partial charge < -0.3 is 15.3 Å². The molecule has 1 unspecified atom stereocenters. The number of halogens is 1. The van der Waals surface area contributed by atoms with Gasteiger partial charge in [0.1, 0.15) is 11.6 Å². The normalized spacial score (nSPS) is 12.1. The number of aromatic nitrogens is 1. The van der Waals surface area contributed by atoms with Crippen LogP contribution in [0.15, 0.2) is 12.3 Å². The van der Waals surface area contributed by atoms with E-state index in [0.29, 0.717) is 12.4 Å². The highest BCUT2D eigenvalue weighted by Gasteiger charge is 2.18. The van der Waals surface area contributed by atoms with E-state index in [4.69, 9.17) is 0 Å². The zero-order valence-corrected chi connectivity index (χ0v) is 11.5. The number of hydrogen-bond acceptors (Lipinski definition) is 4. The van der Waals surface area contributed by atoms with E-state index in [0.717, 1.165) is 18.7 Å². The van der Waals surface area contributed by atoms with Gasteiger partial charge in [-0.1, -0.05) is 6.92 Å². The van der Waals surface area contributed by atoms with E-state index in [2.05, 4.69) is 10.3 Å². The lowest BCUT2D eigenvalue weighted by molar-refractivity contribution is 0.0704. The minimum absolute atomic E-state index is 0.177. The van der Waals surface area contributed by atoms with Crippen molar-refractivity contribution in [1.29, 1.82) is 0 Å². The van der Waals surface area contributed by atoms with Crippen molar-refractivity contribution in [3.05, 3.63) is 23.6 Å². The summed E-state index contributed by atoms with van der Waals surface area (Å²) < 4.78 is 13.2. The van der Waals surface area contributed by atoms with Gasteiger partial charge in [0, 0.05) is 20.1 Å². The summed E-state index contributed by atoms with van der Waals surface area (Å²) in [6.07, 6.45) is 1.31. The monoisotopic (exact) mass is 269 g/mol. The third kappa shape index (κ3) is 4.48. The number of aliphatic hydroxyl groups is 1. The van der Waals surface area contributed by atoms with Crippen LogP contribution in [0.1, 0.15) is 30.6 Å². The second kappa shape index (κ2) is 7.04. The number of nitrogens with zero attached hydrogens (tertiary/aromatic N) is 2. The van der Waals surface area contributed by atoms with E-state index >= 15 is 0 Å². The van der Waals surface area contributed by atoms with Gasteiger partial charge in [-0.2, -0.15) is 0 Å². The highest BCUT2D eigenvalue weighted by atomic mass is 19.1. The van der Waals surface area contributed by atoms with Crippen LogP contribution in [0.2, 0.25) is 0 Å². The molecule has 0 aromatic carbocycles. The molecule has 0 saturated heterocycles. The molecule has 0 fully saturated rings. The van der Waals surface area contributed by atoms with E-state index in [1.807, 2.05) is 6.92 Å². The van der Waals surface area contributed by atoms with Crippen molar-refractivity contribution in [2.45, 2.75) is 26.4 Å². The standard InChI is InChI=1S/C13H20FN3O2/c1-4-5-15-12-11(6-10(14)7-16-12)13(19)17(3)8-9(2)18/h6-7,9,18H,4-5,8H2,1-3H3,(H,15,16). The van der Waals surface area contributed by atoms with E-state index in [1.165, 1.54) is 4.90 Å². The second-order valence-electron chi connectivity index (χ2n) is 4.51. The summed E-state index contributed by atoms with van der Waals surface area (Å²) in [5.41, 5.74) is 0.177. The zero-order valence-electron chi connectivity index (χ0n) is 11.5. The number of hydrogen-bond donors (Lipinski definition) is 2. The number of aliphatic hydroxyl groups excluding tert-OH is 1. The largest absolute Gasteiger partial charge is 0.392 e. The zero-order chi connectivity index (χ0) is 14.4. The Bertz CT molecular complexity index is 438. The third-order valence-corrected chi connectivity index (χ3v) is 2.51. The van der Waals surface area contributed by atoms with Gasteiger partial charge in [-0.15, -0.1) is 0 Å². The first kappa shape index (κ1) is 15.4. The number of carbonyl (C=O) groups is 1. The summed E-state index contributed by atoms with van der Waals surface area (Å²) >= 11 is 0. The highest BCUT2D eigenvalue weighted by molar-refractivity contribution is 5.98. The fourth-order valence-corrected chi connectivity index (χ4v) is 1.67. The van der Waals surface area contributed by atoms with E-state index in [1.54, 1.807) is 14.0 Å². The molecule has 0 spiro atoms. The van der Waals surface area contributed by atoms with Crippen LogP contribution in [0.25, 0.3) is 0 Å². The van der Waals surface area contributed by atoms with Gasteiger partial charge in [0.15, 0.2) is 0 Å². The molecule has 0 radical (unpaired) electrons. The summed E-state index contributed by atoms with van der Waals surface area (Å²) in [4.78, 5) is 17.4. The summed E-state index contributed by atoms with van der Waals surface area (Å²) in [5, 5.41) is 12.3. The Morgan fingerprint density at radius 2 is 2.32 bits per heavy atom. The summed E-state index contributed by atoms with van der Waals surface area (Å²) in [6.45, 7) is 4.41. The molecule has 5 nitrogen and oxygen atoms in total. The predicted octanol–water partition coefficient (Wildman–Crippen LogP) is 1.50. The van der Waals surface area contributed by atoms with Crippen LogP contribution in [0.3, 0.4) is 0 Å². The molecule has 1 heterocycles. The van der Waals surface area contributed by atoms with Crippen molar-refractivity contribution in [3.63, 3.8) is 0 Å². The van der Waals surface area contributed by atoms with Crippen molar-refractivity contribution in [3.8, 4) is 0 Å². The summed E-state index contributed by atoms with van der Waals surface area (Å²) in [5.74, 6) is -0.562. The molecule has 6 heteroatoms. The maximum Gasteiger partial charge on any atom is 0.257 e. The molecule has 0 saturated carbocycles. The number of nitrogens with one attached hydrogen (secondary N) is 1. The lowest BCUT2D eigenvalue weighted by Crippen LogP contribution is -2.33. The maximum atomic E-state index is 13.2. The molecule has 1 atom stereocenters. The number of likely N-dealkylation sites (N-methyl/N-ethyl adjacent to an activating group) is 1. The van der Waals surface area contributed by atoms with Crippen LogP contribution < -0.4 is 5.32 Å². The van der Waals surface area contributed by atoms with E-state index in [9.17, 15) is 14.3 Å². The van der Waals surface area contributed by atoms with Gasteiger partial charge in [-0.05, 0) is 19.4 Å². The van der Waals surface area contributed by atoms with Crippen molar-refractivity contribution in [1.82, 2.24) is 9.88 Å². The van der Waals surface area contributed by atoms with Gasteiger partial charge in [0.25, 0.3) is 5.91 Å². The number of anilines is 1. The van der Waals surface area contributed by atoms with Gasteiger partial charge >= 0.3 is 0 Å². The first-order valence-electron chi connectivity index (χ1n) is 6.28. The summed E-state index contributed by atoms with van der Waals surface area (Å²) in [6, 6.07) is 1.16. The van der Waals surface area contributed by atoms with Gasteiger partial charge in [0.05, 0.1) is 17.9 Å². The first-order valence-corrected chi connectivity index (χ1v) is 6.28. The molecule has 0 aliphatic heterocycles. The molecule has 19 heavy (non-hydrogen) atoms. The fourth-order valence-electron chi connectivity index (χ4n) is 1.67. The van der Waals surface area contributed by atoms with E-state index < -0.39 is 11.9 Å². The topological polar surface area (TPSA) is 65.5 Å². The van der Waals surface area contributed by atoms with Crippen LogP contribution >= 0.6 is 0 Å². The average molecular weight is 269 g/mol. The van der Waals surface area contributed by atoms with Gasteiger partial charge in [0.2, 0.25) is 0 Å². The molecule has 0 aliphatic carbocycles. The minimum atomic E-state index is -0.637. The quantitative estimate of drug-likeness (QED) is 0.821. The smallest absolute Gasteiger partial charge is 0.257 e. The highest BCUT2D eigenvalue weighted by Crippen LogP contribution is 2.16. The third-order valence-electron chi connectivity index (χ3n) is 2.51. The predicted molar refractivity (Wildman–Crippen MR) is 71.6 cm³/mol. The molecule has 0 aliphatic rings. The van der Waals surface area contributed by atoms with Crippen LogP contribution in [-0.4, -0.2) is 47.1 Å². The molecular weight excluding hydrogens is 249 g/mol.